The standard InChI is InChI=1S/C17H22N2O4/c20-16(14-1-2-15-13(9-14)3-6-22-15)19-5-8-23-17(11-19)10-18-4-7-21-12-17/h1-2,9,18H,3-8,10-12H2. The highest BCUT2D eigenvalue weighted by molar-refractivity contribution is 5.94. The molecule has 6 heteroatoms. The summed E-state index contributed by atoms with van der Waals surface area (Å²) in [7, 11) is 0. The first-order valence-corrected chi connectivity index (χ1v) is 8.23. The fourth-order valence-corrected chi connectivity index (χ4v) is 3.48. The maximum atomic E-state index is 12.9. The second-order valence-corrected chi connectivity index (χ2v) is 6.41. The van der Waals surface area contributed by atoms with E-state index in [-0.39, 0.29) is 5.91 Å². The molecule has 1 atom stereocenters. The summed E-state index contributed by atoms with van der Waals surface area (Å²) in [6, 6.07) is 5.73. The van der Waals surface area contributed by atoms with Gasteiger partial charge in [-0.3, -0.25) is 4.79 Å². The zero-order valence-electron chi connectivity index (χ0n) is 13.2. The van der Waals surface area contributed by atoms with Crippen molar-refractivity contribution in [3.05, 3.63) is 29.3 Å². The smallest absolute Gasteiger partial charge is 0.254 e. The molecule has 23 heavy (non-hydrogen) atoms. The monoisotopic (exact) mass is 318 g/mol. The van der Waals surface area contributed by atoms with E-state index in [2.05, 4.69) is 5.32 Å². The van der Waals surface area contributed by atoms with Gasteiger partial charge in [-0.25, -0.2) is 0 Å². The van der Waals surface area contributed by atoms with Crippen LogP contribution in [0.2, 0.25) is 0 Å². The molecule has 6 nitrogen and oxygen atoms in total. The van der Waals surface area contributed by atoms with E-state index >= 15 is 0 Å². The Labute approximate surface area is 135 Å². The van der Waals surface area contributed by atoms with Crippen LogP contribution in [-0.4, -0.2) is 69.0 Å². The Morgan fingerprint density at radius 1 is 1.26 bits per heavy atom. The lowest BCUT2D eigenvalue weighted by Crippen LogP contribution is -2.59. The second kappa shape index (κ2) is 6.11. The highest BCUT2D eigenvalue weighted by Gasteiger charge is 2.39. The van der Waals surface area contributed by atoms with Gasteiger partial charge >= 0.3 is 0 Å². The van der Waals surface area contributed by atoms with Gasteiger partial charge in [-0.1, -0.05) is 0 Å². The van der Waals surface area contributed by atoms with Crippen molar-refractivity contribution in [3.63, 3.8) is 0 Å². The van der Waals surface area contributed by atoms with Crippen LogP contribution in [0.4, 0.5) is 0 Å². The molecule has 124 valence electrons. The summed E-state index contributed by atoms with van der Waals surface area (Å²) in [5, 5.41) is 3.34. The molecule has 1 aromatic rings. The lowest BCUT2D eigenvalue weighted by atomic mass is 10.0. The number of nitrogens with one attached hydrogen (secondary N) is 1. The van der Waals surface area contributed by atoms with E-state index < -0.39 is 5.60 Å². The van der Waals surface area contributed by atoms with E-state index in [0.29, 0.717) is 39.5 Å². The number of nitrogens with zero attached hydrogens (tertiary/aromatic N) is 1. The predicted molar refractivity (Wildman–Crippen MR) is 83.9 cm³/mol. The van der Waals surface area contributed by atoms with Gasteiger partial charge in [-0.15, -0.1) is 0 Å². The Balaban J connectivity index is 1.51. The van der Waals surface area contributed by atoms with Crippen molar-refractivity contribution in [2.45, 2.75) is 12.0 Å². The number of fused-ring (bicyclic) bond motifs is 1. The molecule has 0 radical (unpaired) electrons. The summed E-state index contributed by atoms with van der Waals surface area (Å²) >= 11 is 0. The first-order valence-electron chi connectivity index (χ1n) is 8.23. The van der Waals surface area contributed by atoms with E-state index in [0.717, 1.165) is 36.4 Å². The molecule has 0 aliphatic carbocycles. The molecule has 2 fully saturated rings. The quantitative estimate of drug-likeness (QED) is 0.815. The predicted octanol–water partition coefficient (Wildman–Crippen LogP) is 0.452. The van der Waals surface area contributed by atoms with Crippen LogP contribution in [0.5, 0.6) is 5.75 Å². The normalized spacial score (nSPS) is 27.4. The Bertz CT molecular complexity index is 596. The van der Waals surface area contributed by atoms with E-state index in [1.165, 1.54) is 0 Å². The molecular formula is C17H22N2O4. The average molecular weight is 318 g/mol. The van der Waals surface area contributed by atoms with E-state index in [4.69, 9.17) is 14.2 Å². The van der Waals surface area contributed by atoms with Crippen molar-refractivity contribution < 1.29 is 19.0 Å². The number of morpholine rings is 1. The molecule has 0 aromatic heterocycles. The summed E-state index contributed by atoms with van der Waals surface area (Å²) in [5.41, 5.74) is 1.43. The van der Waals surface area contributed by atoms with Gasteiger partial charge in [0, 0.05) is 31.6 Å². The molecular weight excluding hydrogens is 296 g/mol. The number of rotatable bonds is 1. The Morgan fingerprint density at radius 2 is 2.22 bits per heavy atom. The van der Waals surface area contributed by atoms with Crippen LogP contribution < -0.4 is 10.1 Å². The molecule has 0 bridgehead atoms. The second-order valence-electron chi connectivity index (χ2n) is 6.41. The van der Waals surface area contributed by atoms with Gasteiger partial charge < -0.3 is 24.4 Å². The molecule has 4 rings (SSSR count). The van der Waals surface area contributed by atoms with Gasteiger partial charge in [-0.2, -0.15) is 0 Å². The van der Waals surface area contributed by atoms with Gasteiger partial charge in [0.05, 0.1) is 33.0 Å². The summed E-state index contributed by atoms with van der Waals surface area (Å²) in [6.07, 6.45) is 0.876. The fraction of sp³-hybridized carbons (Fsp3) is 0.588. The summed E-state index contributed by atoms with van der Waals surface area (Å²) in [4.78, 5) is 14.8. The van der Waals surface area contributed by atoms with E-state index in [9.17, 15) is 4.79 Å². The van der Waals surface area contributed by atoms with Crippen LogP contribution in [0.15, 0.2) is 18.2 Å². The van der Waals surface area contributed by atoms with Crippen molar-refractivity contribution in [1.82, 2.24) is 10.2 Å². The van der Waals surface area contributed by atoms with Crippen LogP contribution in [-0.2, 0) is 15.9 Å². The molecule has 2 saturated heterocycles. The van der Waals surface area contributed by atoms with Crippen LogP contribution >= 0.6 is 0 Å². The Hall–Kier alpha value is -1.63. The number of hydrogen-bond acceptors (Lipinski definition) is 5. The number of carbonyl (C=O) groups is 1. The van der Waals surface area contributed by atoms with Crippen molar-refractivity contribution in [1.29, 1.82) is 0 Å². The Morgan fingerprint density at radius 3 is 3.17 bits per heavy atom. The molecule has 1 N–H and O–H groups in total. The third kappa shape index (κ3) is 2.94. The van der Waals surface area contributed by atoms with E-state index in [1.54, 1.807) is 0 Å². The topological polar surface area (TPSA) is 60.0 Å². The number of benzene rings is 1. The van der Waals surface area contributed by atoms with Gasteiger partial charge in [-0.05, 0) is 23.8 Å². The molecule has 1 spiro atoms. The van der Waals surface area contributed by atoms with E-state index in [1.807, 2.05) is 23.1 Å². The zero-order chi connectivity index (χ0) is 15.7. The SMILES string of the molecule is O=C(c1ccc2c(c1)CCO2)N1CCOC2(CNCCOC2)C1. The first kappa shape index (κ1) is 14.9. The lowest BCUT2D eigenvalue weighted by molar-refractivity contribution is -0.125. The van der Waals surface area contributed by atoms with Crippen LogP contribution in [0.3, 0.4) is 0 Å². The largest absolute Gasteiger partial charge is 0.493 e. The van der Waals surface area contributed by atoms with Crippen LogP contribution in [0.25, 0.3) is 0 Å². The van der Waals surface area contributed by atoms with Gasteiger partial charge in [0.25, 0.3) is 5.91 Å². The number of ether oxygens (including phenoxy) is 3. The van der Waals surface area contributed by atoms with Crippen molar-refractivity contribution in [2.75, 3.05) is 52.6 Å². The summed E-state index contributed by atoms with van der Waals surface area (Å²) < 4.78 is 17.1. The van der Waals surface area contributed by atoms with Crippen molar-refractivity contribution in [3.8, 4) is 5.75 Å². The highest BCUT2D eigenvalue weighted by atomic mass is 16.5. The molecule has 3 aliphatic rings. The average Bonchev–Trinajstić information content (AvgIpc) is 2.94. The maximum absolute atomic E-state index is 12.9. The van der Waals surface area contributed by atoms with Crippen LogP contribution in [0.1, 0.15) is 15.9 Å². The zero-order valence-corrected chi connectivity index (χ0v) is 13.2. The van der Waals surface area contributed by atoms with Crippen molar-refractivity contribution in [2.24, 2.45) is 0 Å². The third-order valence-corrected chi connectivity index (χ3v) is 4.71. The Kier molecular flexibility index (Phi) is 3.97. The van der Waals surface area contributed by atoms with Gasteiger partial charge in [0.1, 0.15) is 11.4 Å². The first-order chi connectivity index (χ1) is 11.3. The number of hydrogen-bond donors (Lipinski definition) is 1. The fourth-order valence-electron chi connectivity index (χ4n) is 3.48. The maximum Gasteiger partial charge on any atom is 0.254 e. The van der Waals surface area contributed by atoms with Gasteiger partial charge in [0.2, 0.25) is 0 Å². The third-order valence-electron chi connectivity index (χ3n) is 4.71. The minimum Gasteiger partial charge on any atom is -0.493 e. The summed E-state index contributed by atoms with van der Waals surface area (Å²) in [5.74, 6) is 0.966. The minimum absolute atomic E-state index is 0.0617. The minimum atomic E-state index is -0.426. The molecule has 1 unspecified atom stereocenters. The molecule has 1 amide bonds. The number of carbonyl (C=O) groups excluding carboxylic acids is 1. The molecule has 0 saturated carbocycles. The molecule has 3 aliphatic heterocycles. The molecule has 3 heterocycles. The van der Waals surface area contributed by atoms with Crippen LogP contribution in [0, 0.1) is 0 Å². The van der Waals surface area contributed by atoms with Gasteiger partial charge in [0.15, 0.2) is 0 Å². The van der Waals surface area contributed by atoms with Crippen molar-refractivity contribution >= 4 is 5.91 Å². The molecule has 1 aromatic carbocycles. The summed E-state index contributed by atoms with van der Waals surface area (Å²) in [6.45, 7) is 5.19. The lowest BCUT2D eigenvalue weighted by Gasteiger charge is -2.41. The highest BCUT2D eigenvalue weighted by Crippen LogP contribution is 2.27. The number of amides is 1.